The predicted molar refractivity (Wildman–Crippen MR) is 95.7 cm³/mol. The van der Waals surface area contributed by atoms with Crippen molar-refractivity contribution < 1.29 is 9.53 Å². The van der Waals surface area contributed by atoms with Crippen molar-refractivity contribution in [2.45, 2.75) is 44.2 Å². The van der Waals surface area contributed by atoms with Crippen LogP contribution >= 0.6 is 0 Å². The molecule has 2 N–H and O–H groups in total. The second-order valence-corrected chi connectivity index (χ2v) is 7.29. The first-order valence-corrected chi connectivity index (χ1v) is 8.90. The molecule has 1 unspecified atom stereocenters. The van der Waals surface area contributed by atoms with Gasteiger partial charge in [-0.05, 0) is 43.7 Å². The Morgan fingerprint density at radius 3 is 2.72 bits per heavy atom. The molecule has 1 fully saturated rings. The van der Waals surface area contributed by atoms with Crippen molar-refractivity contribution in [1.29, 1.82) is 0 Å². The Bertz CT molecular complexity index is 739. The van der Waals surface area contributed by atoms with Gasteiger partial charge in [0.25, 0.3) is 0 Å². The summed E-state index contributed by atoms with van der Waals surface area (Å²) in [5, 5.41) is 10.5. The number of nitrogens with one attached hydrogen (secondary N) is 2. The van der Waals surface area contributed by atoms with Crippen LogP contribution in [0.5, 0.6) is 0 Å². The van der Waals surface area contributed by atoms with E-state index < -0.39 is 0 Å². The van der Waals surface area contributed by atoms with E-state index in [0.717, 1.165) is 32.3 Å². The number of carbonyl (C=O) groups excluding carboxylic acids is 1. The maximum atomic E-state index is 12.6. The molecule has 1 aromatic heterocycles. The van der Waals surface area contributed by atoms with Gasteiger partial charge < -0.3 is 10.1 Å². The van der Waals surface area contributed by atoms with Crippen molar-refractivity contribution in [2.24, 2.45) is 0 Å². The summed E-state index contributed by atoms with van der Waals surface area (Å²) in [6.07, 6.45) is 5.47. The Labute approximate surface area is 147 Å². The smallest absolute Gasteiger partial charge is 0.320 e. The van der Waals surface area contributed by atoms with Crippen LogP contribution in [-0.4, -0.2) is 34.6 Å². The second-order valence-electron chi connectivity index (χ2n) is 7.29. The van der Waals surface area contributed by atoms with Crippen LogP contribution in [0.15, 0.2) is 36.5 Å². The van der Waals surface area contributed by atoms with Crippen LogP contribution in [0.3, 0.4) is 0 Å². The monoisotopic (exact) mass is 340 g/mol. The highest BCUT2D eigenvalue weighted by Gasteiger charge is 2.34. The van der Waals surface area contributed by atoms with Gasteiger partial charge in [0, 0.05) is 18.2 Å². The van der Waals surface area contributed by atoms with Crippen molar-refractivity contribution in [3.05, 3.63) is 47.7 Å². The Hall–Kier alpha value is -2.34. The predicted octanol–water partition coefficient (Wildman–Crippen LogP) is 2.91. The molecule has 1 atom stereocenters. The highest BCUT2D eigenvalue weighted by atomic mass is 16.5. The number of ether oxygens (including phenoxy) is 1. The molecule has 6 nitrogen and oxygen atoms in total. The minimum absolute atomic E-state index is 0.186. The maximum absolute atomic E-state index is 12.6. The molecule has 0 saturated carbocycles. The van der Waals surface area contributed by atoms with Crippen molar-refractivity contribution in [2.75, 3.05) is 18.5 Å². The topological polar surface area (TPSA) is 68.2 Å². The zero-order valence-corrected chi connectivity index (χ0v) is 14.5. The number of urea groups is 1. The van der Waals surface area contributed by atoms with Gasteiger partial charge in [-0.15, -0.1) is 0 Å². The summed E-state index contributed by atoms with van der Waals surface area (Å²) >= 11 is 0. The SMILES string of the molecule is CC1(NC(=O)Nc2ccnn2C2CCCOC2)Cc2ccccc2C1. The maximum Gasteiger partial charge on any atom is 0.320 e. The van der Waals surface area contributed by atoms with Gasteiger partial charge in [0.1, 0.15) is 5.82 Å². The lowest BCUT2D eigenvalue weighted by molar-refractivity contribution is 0.0557. The molecule has 2 aromatic rings. The highest BCUT2D eigenvalue weighted by molar-refractivity contribution is 5.89. The molecule has 2 aliphatic rings. The average Bonchev–Trinajstić information content (AvgIpc) is 3.18. The number of carbonyl (C=O) groups is 1. The number of fused-ring (bicyclic) bond motifs is 1. The third-order valence-corrected chi connectivity index (χ3v) is 5.09. The fraction of sp³-hybridized carbons (Fsp3) is 0.474. The van der Waals surface area contributed by atoms with Crippen LogP contribution in [0.4, 0.5) is 10.6 Å². The summed E-state index contributed by atoms with van der Waals surface area (Å²) in [6.45, 7) is 3.55. The molecule has 25 heavy (non-hydrogen) atoms. The van der Waals surface area contributed by atoms with Crippen molar-refractivity contribution in [1.82, 2.24) is 15.1 Å². The standard InChI is InChI=1S/C19H24N4O2/c1-19(11-14-5-2-3-6-15(14)12-19)22-18(24)21-17-8-9-20-23(17)16-7-4-10-25-13-16/h2-3,5-6,8-9,16H,4,7,10-13H2,1H3,(H2,21,22,24). The van der Waals surface area contributed by atoms with Crippen LogP contribution < -0.4 is 10.6 Å². The summed E-state index contributed by atoms with van der Waals surface area (Å²) in [5.74, 6) is 0.715. The molecule has 1 saturated heterocycles. The first-order valence-electron chi connectivity index (χ1n) is 8.90. The first kappa shape index (κ1) is 16.1. The highest BCUT2D eigenvalue weighted by Crippen LogP contribution is 2.30. The second kappa shape index (κ2) is 6.52. The molecule has 1 aromatic carbocycles. The summed E-state index contributed by atoms with van der Waals surface area (Å²) in [5.41, 5.74) is 2.37. The minimum Gasteiger partial charge on any atom is -0.379 e. The van der Waals surface area contributed by atoms with Gasteiger partial charge in [-0.3, -0.25) is 5.32 Å². The summed E-state index contributed by atoms with van der Waals surface area (Å²) in [7, 11) is 0. The zero-order valence-electron chi connectivity index (χ0n) is 14.5. The molecule has 4 rings (SSSR count). The lowest BCUT2D eigenvalue weighted by atomic mass is 9.99. The fourth-order valence-corrected chi connectivity index (χ4v) is 3.94. The fourth-order valence-electron chi connectivity index (χ4n) is 3.94. The minimum atomic E-state index is -0.257. The lowest BCUT2D eigenvalue weighted by Gasteiger charge is -2.27. The van der Waals surface area contributed by atoms with E-state index in [1.165, 1.54) is 11.1 Å². The number of hydrogen-bond donors (Lipinski definition) is 2. The summed E-state index contributed by atoms with van der Waals surface area (Å²) < 4.78 is 7.40. The largest absolute Gasteiger partial charge is 0.379 e. The molecule has 2 amide bonds. The van der Waals surface area contributed by atoms with Crippen LogP contribution in [0.2, 0.25) is 0 Å². The van der Waals surface area contributed by atoms with Gasteiger partial charge in [0.05, 0.1) is 18.8 Å². The van der Waals surface area contributed by atoms with Gasteiger partial charge in [0.15, 0.2) is 0 Å². The number of benzene rings is 1. The first-order chi connectivity index (χ1) is 12.1. The van der Waals surface area contributed by atoms with E-state index in [0.29, 0.717) is 12.4 Å². The normalized spacial score (nSPS) is 21.6. The molecular formula is C19H24N4O2. The lowest BCUT2D eigenvalue weighted by Crippen LogP contribution is -2.48. The van der Waals surface area contributed by atoms with Gasteiger partial charge in [-0.2, -0.15) is 5.10 Å². The third kappa shape index (κ3) is 3.39. The van der Waals surface area contributed by atoms with Crippen molar-refractivity contribution >= 4 is 11.8 Å². The number of anilines is 1. The Balaban J connectivity index is 1.41. The zero-order chi connectivity index (χ0) is 17.3. The van der Waals surface area contributed by atoms with E-state index in [2.05, 4.69) is 46.9 Å². The number of amides is 2. The number of rotatable bonds is 3. The van der Waals surface area contributed by atoms with Gasteiger partial charge >= 0.3 is 6.03 Å². The third-order valence-electron chi connectivity index (χ3n) is 5.09. The molecule has 1 aliphatic heterocycles. The van der Waals surface area contributed by atoms with Crippen molar-refractivity contribution in [3.8, 4) is 0 Å². The number of nitrogens with zero attached hydrogens (tertiary/aromatic N) is 2. The molecule has 1 aliphatic carbocycles. The molecule has 0 spiro atoms. The van der Waals surface area contributed by atoms with Gasteiger partial charge in [0.2, 0.25) is 0 Å². The van der Waals surface area contributed by atoms with Gasteiger partial charge in [-0.1, -0.05) is 24.3 Å². The Kier molecular flexibility index (Phi) is 4.21. The molecule has 0 bridgehead atoms. The molecular weight excluding hydrogens is 316 g/mol. The summed E-state index contributed by atoms with van der Waals surface area (Å²) in [4.78, 5) is 12.6. The quantitative estimate of drug-likeness (QED) is 0.903. The van der Waals surface area contributed by atoms with Crippen LogP contribution in [0.1, 0.15) is 36.9 Å². The average molecular weight is 340 g/mol. The number of aromatic nitrogens is 2. The number of hydrogen-bond acceptors (Lipinski definition) is 3. The molecule has 2 heterocycles. The Morgan fingerprint density at radius 2 is 2.04 bits per heavy atom. The molecule has 132 valence electrons. The van der Waals surface area contributed by atoms with Crippen LogP contribution in [0, 0.1) is 0 Å². The Morgan fingerprint density at radius 1 is 1.28 bits per heavy atom. The van der Waals surface area contributed by atoms with E-state index in [1.807, 2.05) is 10.7 Å². The van der Waals surface area contributed by atoms with E-state index in [9.17, 15) is 4.79 Å². The van der Waals surface area contributed by atoms with Crippen LogP contribution in [0.25, 0.3) is 0 Å². The molecule has 6 heteroatoms. The van der Waals surface area contributed by atoms with E-state index >= 15 is 0 Å². The van der Waals surface area contributed by atoms with Crippen molar-refractivity contribution in [3.63, 3.8) is 0 Å². The summed E-state index contributed by atoms with van der Waals surface area (Å²) in [6, 6.07) is 10.2. The van der Waals surface area contributed by atoms with E-state index in [-0.39, 0.29) is 17.6 Å². The van der Waals surface area contributed by atoms with E-state index in [1.54, 1.807) is 6.20 Å². The molecule has 0 radical (unpaired) electrons. The van der Waals surface area contributed by atoms with Crippen LogP contribution in [-0.2, 0) is 17.6 Å². The van der Waals surface area contributed by atoms with Gasteiger partial charge in [-0.25, -0.2) is 9.48 Å². The van der Waals surface area contributed by atoms with E-state index in [4.69, 9.17) is 4.74 Å².